The van der Waals surface area contributed by atoms with E-state index in [4.69, 9.17) is 10.8 Å². The number of unbranched alkanes of at least 4 members (excludes halogenated alkanes) is 3. The van der Waals surface area contributed by atoms with E-state index in [1.165, 1.54) is 25.7 Å². The maximum atomic E-state index is 6.93. The molecule has 0 aromatic rings. The summed E-state index contributed by atoms with van der Waals surface area (Å²) in [4.78, 5) is 0. The molecule has 0 aromatic carbocycles. The van der Waals surface area contributed by atoms with Crippen molar-refractivity contribution in [3.63, 3.8) is 0 Å². The van der Waals surface area contributed by atoms with E-state index in [0.717, 1.165) is 12.8 Å². The zero-order valence-corrected chi connectivity index (χ0v) is 11.4. The molecule has 4 heteroatoms. The van der Waals surface area contributed by atoms with Gasteiger partial charge in [0.15, 0.2) is 0 Å². The Balaban J connectivity index is -0.000000845. The van der Waals surface area contributed by atoms with Gasteiger partial charge in [0.2, 0.25) is 0 Å². The monoisotopic (exact) mass is 208 g/mol. The van der Waals surface area contributed by atoms with Gasteiger partial charge in [0, 0.05) is 0 Å². The van der Waals surface area contributed by atoms with Crippen LogP contribution in [-0.4, -0.2) is 12.4 Å². The summed E-state index contributed by atoms with van der Waals surface area (Å²) in [7, 11) is 0. The Morgan fingerprint density at radius 3 is 1.31 bits per heavy atom. The maximum absolute atomic E-state index is 6.93. The third kappa shape index (κ3) is 14.5. The van der Waals surface area contributed by atoms with Gasteiger partial charge in [0.1, 0.15) is 0 Å². The molecule has 0 saturated heterocycles. The summed E-state index contributed by atoms with van der Waals surface area (Å²) in [6.07, 6.45) is 12.1. The second-order valence-electron chi connectivity index (χ2n) is 4.08. The van der Waals surface area contributed by atoms with Gasteiger partial charge in [-0.1, -0.05) is 52.4 Å². The van der Waals surface area contributed by atoms with Crippen molar-refractivity contribution in [3.05, 3.63) is 0 Å². The zero-order valence-electron chi connectivity index (χ0n) is 11.4. The Morgan fingerprint density at radius 1 is 0.750 bits per heavy atom. The first-order valence-corrected chi connectivity index (χ1v) is 5.55. The minimum absolute atomic E-state index is 0. The maximum Gasteiger partial charge on any atom is 1.00 e. The summed E-state index contributed by atoms with van der Waals surface area (Å²) in [5.74, 6) is 0.646. The smallest absolute Gasteiger partial charge is 0.518 e. The van der Waals surface area contributed by atoms with E-state index in [2.05, 4.69) is 12.4 Å². The third-order valence-corrected chi connectivity index (χ3v) is 2.52. The van der Waals surface area contributed by atoms with Crippen LogP contribution in [-0.2, 0) is 0 Å². The van der Waals surface area contributed by atoms with Crippen LogP contribution in [0.1, 0.15) is 52.4 Å². The molecule has 0 heterocycles. The van der Waals surface area contributed by atoms with Crippen LogP contribution >= 0.6 is 0 Å². The summed E-state index contributed by atoms with van der Waals surface area (Å²) in [6, 6.07) is 0. The Kier molecular flexibility index (Phi) is 21.1. The SMILES string of the molecule is CC([C-]=N)CCCCCCC(C)[C-]=N.[Li+].[Li+]. The van der Waals surface area contributed by atoms with Crippen LogP contribution < -0.4 is 37.7 Å². The zero-order chi connectivity index (χ0) is 10.8. The molecule has 2 unspecified atom stereocenters. The largest absolute Gasteiger partial charge is 1.00 e. The van der Waals surface area contributed by atoms with Crippen molar-refractivity contribution in [1.82, 2.24) is 0 Å². The molecule has 0 bridgehead atoms. The van der Waals surface area contributed by atoms with E-state index < -0.39 is 0 Å². The first kappa shape index (κ1) is 21.8. The summed E-state index contributed by atoms with van der Waals surface area (Å²) < 4.78 is 0. The van der Waals surface area contributed by atoms with Crippen LogP contribution in [0.4, 0.5) is 0 Å². The Hall–Kier alpha value is 0.535. The average Bonchev–Trinajstić information content (AvgIpc) is 2.22. The van der Waals surface area contributed by atoms with E-state index in [9.17, 15) is 0 Å². The van der Waals surface area contributed by atoms with E-state index in [1.54, 1.807) is 0 Å². The van der Waals surface area contributed by atoms with Gasteiger partial charge in [-0.15, -0.1) is 0 Å². The van der Waals surface area contributed by atoms with Gasteiger partial charge in [-0.2, -0.15) is 11.8 Å². The van der Waals surface area contributed by atoms with Crippen molar-refractivity contribution >= 4 is 12.4 Å². The van der Waals surface area contributed by atoms with Crippen LogP contribution in [0.15, 0.2) is 0 Å². The van der Waals surface area contributed by atoms with E-state index in [0.29, 0.717) is 11.8 Å². The molecule has 2 atom stereocenters. The summed E-state index contributed by atoms with van der Waals surface area (Å²) in [5.41, 5.74) is 0. The molecule has 82 valence electrons. The van der Waals surface area contributed by atoms with E-state index in [1.807, 2.05) is 13.8 Å². The van der Waals surface area contributed by atoms with Crippen LogP contribution in [0, 0.1) is 22.7 Å². The molecule has 0 aliphatic rings. The summed E-state index contributed by atoms with van der Waals surface area (Å²) >= 11 is 0. The molecule has 0 fully saturated rings. The molecular weight excluding hydrogens is 186 g/mol. The van der Waals surface area contributed by atoms with Gasteiger partial charge >= 0.3 is 37.7 Å². The molecule has 0 aromatic heterocycles. The van der Waals surface area contributed by atoms with Crippen LogP contribution in [0.2, 0.25) is 0 Å². The van der Waals surface area contributed by atoms with Crippen molar-refractivity contribution < 1.29 is 37.7 Å². The standard InChI is InChI=1S/C12H22N2.2Li/c1-11(9-13)7-5-3-4-6-8-12(2)10-14;;/h11-14H,3-8H2,1-2H3;;/q-2;2*+1. The van der Waals surface area contributed by atoms with Gasteiger partial charge in [-0.25, -0.2) is 0 Å². The van der Waals surface area contributed by atoms with Crippen molar-refractivity contribution in [2.24, 2.45) is 11.8 Å². The minimum Gasteiger partial charge on any atom is -0.518 e. The summed E-state index contributed by atoms with van der Waals surface area (Å²) in [6.45, 7) is 4.08. The molecule has 0 aliphatic carbocycles. The first-order valence-electron chi connectivity index (χ1n) is 5.55. The van der Waals surface area contributed by atoms with Crippen molar-refractivity contribution in [1.29, 1.82) is 10.8 Å². The van der Waals surface area contributed by atoms with Gasteiger partial charge in [0.25, 0.3) is 0 Å². The fourth-order valence-electron chi connectivity index (χ4n) is 1.40. The van der Waals surface area contributed by atoms with Crippen molar-refractivity contribution in [3.8, 4) is 0 Å². The number of rotatable bonds is 9. The molecule has 0 saturated carbocycles. The van der Waals surface area contributed by atoms with Gasteiger partial charge in [-0.3, -0.25) is 0 Å². The molecule has 0 spiro atoms. The number of hydrogen-bond donors (Lipinski definition) is 2. The Morgan fingerprint density at radius 2 is 1.06 bits per heavy atom. The number of hydrogen-bond acceptors (Lipinski definition) is 2. The van der Waals surface area contributed by atoms with Crippen LogP contribution in [0.5, 0.6) is 0 Å². The van der Waals surface area contributed by atoms with E-state index in [-0.39, 0.29) is 37.7 Å². The van der Waals surface area contributed by atoms with Gasteiger partial charge in [0.05, 0.1) is 0 Å². The van der Waals surface area contributed by atoms with Gasteiger partial charge < -0.3 is 23.2 Å². The fraction of sp³-hybridized carbons (Fsp3) is 0.833. The molecule has 2 N–H and O–H groups in total. The molecule has 0 amide bonds. The predicted molar refractivity (Wildman–Crippen MR) is 61.5 cm³/mol. The average molecular weight is 208 g/mol. The Labute approximate surface area is 125 Å². The second kappa shape index (κ2) is 15.5. The predicted octanol–water partition coefficient (Wildman–Crippen LogP) is -2.34. The molecular formula is C12H22Li2N2. The normalized spacial score (nSPS) is 12.9. The quantitative estimate of drug-likeness (QED) is 0.185. The van der Waals surface area contributed by atoms with Crippen molar-refractivity contribution in [2.45, 2.75) is 52.4 Å². The number of nitrogens with one attached hydrogen (secondary N) is 2. The third-order valence-electron chi connectivity index (χ3n) is 2.52. The summed E-state index contributed by atoms with van der Waals surface area (Å²) in [5, 5.41) is 13.9. The second-order valence-corrected chi connectivity index (χ2v) is 4.08. The fourth-order valence-corrected chi connectivity index (χ4v) is 1.40. The van der Waals surface area contributed by atoms with Gasteiger partial charge in [-0.05, 0) is 0 Å². The topological polar surface area (TPSA) is 47.7 Å². The van der Waals surface area contributed by atoms with E-state index >= 15 is 0 Å². The minimum atomic E-state index is 0. The van der Waals surface area contributed by atoms with Crippen molar-refractivity contribution in [2.75, 3.05) is 0 Å². The molecule has 16 heavy (non-hydrogen) atoms. The first-order chi connectivity index (χ1) is 6.70. The Bertz CT molecular complexity index is 145. The van der Waals surface area contributed by atoms with Crippen LogP contribution in [0.25, 0.3) is 0 Å². The molecule has 0 radical (unpaired) electrons. The van der Waals surface area contributed by atoms with Crippen LogP contribution in [0.3, 0.4) is 0 Å². The molecule has 2 nitrogen and oxygen atoms in total. The molecule has 0 aliphatic heterocycles. The molecule has 0 rings (SSSR count).